The van der Waals surface area contributed by atoms with Gasteiger partial charge in [-0.1, -0.05) is 27.7 Å². The van der Waals surface area contributed by atoms with E-state index in [0.717, 1.165) is 18.9 Å². The second-order valence-corrected chi connectivity index (χ2v) is 6.17. The van der Waals surface area contributed by atoms with Crippen LogP contribution in [0.1, 0.15) is 53.4 Å². The van der Waals surface area contributed by atoms with Gasteiger partial charge in [0.15, 0.2) is 0 Å². The van der Waals surface area contributed by atoms with Crippen LogP contribution in [-0.4, -0.2) is 30.1 Å². The second kappa shape index (κ2) is 5.31. The van der Waals surface area contributed by atoms with E-state index in [0.29, 0.717) is 11.5 Å². The Kier molecular flexibility index (Phi) is 4.60. The van der Waals surface area contributed by atoms with E-state index in [1.807, 2.05) is 0 Å². The molecular weight excluding hydrogens is 184 g/mol. The molecule has 0 aromatic carbocycles. The van der Waals surface area contributed by atoms with Gasteiger partial charge < -0.3 is 10.6 Å². The van der Waals surface area contributed by atoms with Crippen molar-refractivity contribution in [3.63, 3.8) is 0 Å². The fraction of sp³-hybridized carbons (Fsp3) is 1.00. The van der Waals surface area contributed by atoms with Gasteiger partial charge in [-0.2, -0.15) is 0 Å². The fourth-order valence-electron chi connectivity index (χ4n) is 2.26. The summed E-state index contributed by atoms with van der Waals surface area (Å²) in [6.07, 6.45) is 5.10. The van der Waals surface area contributed by atoms with E-state index in [1.54, 1.807) is 0 Å². The van der Waals surface area contributed by atoms with Crippen LogP contribution in [0.5, 0.6) is 0 Å². The molecule has 1 rings (SSSR count). The normalized spacial score (nSPS) is 19.6. The first-order valence-electron chi connectivity index (χ1n) is 6.42. The molecule has 1 fully saturated rings. The first-order chi connectivity index (χ1) is 6.92. The third-order valence-corrected chi connectivity index (χ3v) is 3.13. The Bertz CT molecular complexity index is 179. The number of nitrogens with two attached hydrogens (primary N) is 1. The van der Waals surface area contributed by atoms with Gasteiger partial charge in [-0.25, -0.2) is 0 Å². The Morgan fingerprint density at radius 3 is 2.33 bits per heavy atom. The smallest absolute Gasteiger partial charge is 0.00963 e. The third-order valence-electron chi connectivity index (χ3n) is 3.13. The number of hydrogen-bond acceptors (Lipinski definition) is 2. The predicted molar refractivity (Wildman–Crippen MR) is 66.9 cm³/mol. The van der Waals surface area contributed by atoms with Crippen molar-refractivity contribution in [1.82, 2.24) is 4.90 Å². The van der Waals surface area contributed by atoms with Crippen LogP contribution in [0.15, 0.2) is 0 Å². The van der Waals surface area contributed by atoms with Crippen molar-refractivity contribution in [2.75, 3.05) is 13.1 Å². The molecule has 15 heavy (non-hydrogen) atoms. The van der Waals surface area contributed by atoms with Gasteiger partial charge >= 0.3 is 0 Å². The van der Waals surface area contributed by atoms with Crippen LogP contribution in [0.25, 0.3) is 0 Å². The average Bonchev–Trinajstić information content (AvgIpc) is 2.85. The summed E-state index contributed by atoms with van der Waals surface area (Å²) in [4.78, 5) is 2.59. The molecule has 1 aliphatic carbocycles. The highest BCUT2D eigenvalue weighted by Crippen LogP contribution is 2.27. The minimum atomic E-state index is 0.371. The van der Waals surface area contributed by atoms with Crippen LogP contribution in [0, 0.1) is 5.41 Å². The van der Waals surface area contributed by atoms with Crippen LogP contribution in [0.4, 0.5) is 0 Å². The number of rotatable bonds is 6. The minimum absolute atomic E-state index is 0.371. The summed E-state index contributed by atoms with van der Waals surface area (Å²) in [5, 5.41) is 0. The summed E-state index contributed by atoms with van der Waals surface area (Å²) < 4.78 is 0. The Morgan fingerprint density at radius 2 is 1.93 bits per heavy atom. The lowest BCUT2D eigenvalue weighted by Gasteiger charge is -2.26. The maximum absolute atomic E-state index is 6.16. The van der Waals surface area contributed by atoms with E-state index in [9.17, 15) is 0 Å². The van der Waals surface area contributed by atoms with E-state index < -0.39 is 0 Å². The molecule has 0 aliphatic heterocycles. The Labute approximate surface area is 95.2 Å². The largest absolute Gasteiger partial charge is 0.328 e. The van der Waals surface area contributed by atoms with Crippen LogP contribution >= 0.6 is 0 Å². The van der Waals surface area contributed by atoms with Crippen LogP contribution in [0.2, 0.25) is 0 Å². The van der Waals surface area contributed by atoms with Crippen LogP contribution in [-0.2, 0) is 0 Å². The summed E-state index contributed by atoms with van der Waals surface area (Å²) in [6, 6.07) is 1.26. The number of hydrogen-bond donors (Lipinski definition) is 1. The summed E-state index contributed by atoms with van der Waals surface area (Å²) in [5.74, 6) is 0. The topological polar surface area (TPSA) is 29.3 Å². The summed E-state index contributed by atoms with van der Waals surface area (Å²) in [5.41, 5.74) is 6.53. The quantitative estimate of drug-likeness (QED) is 0.733. The van der Waals surface area contributed by atoms with Crippen molar-refractivity contribution in [2.24, 2.45) is 11.1 Å². The lowest BCUT2D eigenvalue weighted by Crippen LogP contribution is -2.34. The van der Waals surface area contributed by atoms with E-state index >= 15 is 0 Å². The molecular formula is C13H28N2. The first-order valence-corrected chi connectivity index (χ1v) is 6.42. The zero-order chi connectivity index (χ0) is 11.5. The summed E-state index contributed by atoms with van der Waals surface area (Å²) >= 11 is 0. The molecule has 2 heteroatoms. The van der Waals surface area contributed by atoms with Gasteiger partial charge in [0, 0.05) is 12.1 Å². The van der Waals surface area contributed by atoms with Gasteiger partial charge in [0.25, 0.3) is 0 Å². The molecule has 2 N–H and O–H groups in total. The summed E-state index contributed by atoms with van der Waals surface area (Å²) in [6.45, 7) is 11.4. The molecule has 90 valence electrons. The van der Waals surface area contributed by atoms with Gasteiger partial charge in [-0.15, -0.1) is 0 Å². The van der Waals surface area contributed by atoms with Crippen molar-refractivity contribution in [1.29, 1.82) is 0 Å². The van der Waals surface area contributed by atoms with Crippen molar-refractivity contribution in [3.8, 4) is 0 Å². The SMILES string of the molecule is CCN(CCC(N)CC(C)(C)C)C1CC1. The van der Waals surface area contributed by atoms with Crippen LogP contribution in [0.3, 0.4) is 0 Å². The van der Waals surface area contributed by atoms with E-state index in [2.05, 4.69) is 32.6 Å². The Hall–Kier alpha value is -0.0800. The van der Waals surface area contributed by atoms with E-state index in [-0.39, 0.29) is 0 Å². The van der Waals surface area contributed by atoms with Crippen molar-refractivity contribution < 1.29 is 0 Å². The van der Waals surface area contributed by atoms with Crippen molar-refractivity contribution in [3.05, 3.63) is 0 Å². The molecule has 1 aliphatic rings. The Balaban J connectivity index is 2.17. The highest BCUT2D eigenvalue weighted by atomic mass is 15.2. The van der Waals surface area contributed by atoms with Crippen LogP contribution < -0.4 is 5.73 Å². The maximum atomic E-state index is 6.16. The molecule has 2 nitrogen and oxygen atoms in total. The molecule has 0 radical (unpaired) electrons. The second-order valence-electron chi connectivity index (χ2n) is 6.17. The molecule has 0 amide bonds. The van der Waals surface area contributed by atoms with Gasteiger partial charge in [0.1, 0.15) is 0 Å². The first kappa shape index (κ1) is 13.0. The molecule has 1 saturated carbocycles. The molecule has 0 bridgehead atoms. The molecule has 0 saturated heterocycles. The molecule has 0 aromatic heterocycles. The molecule has 0 aromatic rings. The standard InChI is InChI=1S/C13H28N2/c1-5-15(12-6-7-12)9-8-11(14)10-13(2,3)4/h11-12H,5-10,14H2,1-4H3. The van der Waals surface area contributed by atoms with Gasteiger partial charge in [0.2, 0.25) is 0 Å². The van der Waals surface area contributed by atoms with E-state index in [4.69, 9.17) is 5.73 Å². The third kappa shape index (κ3) is 5.53. The predicted octanol–water partition coefficient (Wildman–Crippen LogP) is 2.62. The summed E-state index contributed by atoms with van der Waals surface area (Å²) in [7, 11) is 0. The zero-order valence-electron chi connectivity index (χ0n) is 10.9. The van der Waals surface area contributed by atoms with Gasteiger partial charge in [-0.3, -0.25) is 0 Å². The molecule has 1 unspecified atom stereocenters. The van der Waals surface area contributed by atoms with Gasteiger partial charge in [-0.05, 0) is 44.2 Å². The average molecular weight is 212 g/mol. The molecule has 0 spiro atoms. The molecule has 0 heterocycles. The van der Waals surface area contributed by atoms with Crippen molar-refractivity contribution in [2.45, 2.75) is 65.5 Å². The highest BCUT2D eigenvalue weighted by Gasteiger charge is 2.27. The number of nitrogens with zero attached hydrogens (tertiary/aromatic N) is 1. The van der Waals surface area contributed by atoms with Crippen molar-refractivity contribution >= 4 is 0 Å². The van der Waals surface area contributed by atoms with Gasteiger partial charge in [0.05, 0.1) is 0 Å². The molecule has 1 atom stereocenters. The lowest BCUT2D eigenvalue weighted by atomic mass is 9.87. The monoisotopic (exact) mass is 212 g/mol. The fourth-order valence-corrected chi connectivity index (χ4v) is 2.26. The van der Waals surface area contributed by atoms with E-state index in [1.165, 1.54) is 25.9 Å². The highest BCUT2D eigenvalue weighted by molar-refractivity contribution is 4.84. The minimum Gasteiger partial charge on any atom is -0.328 e. The lowest BCUT2D eigenvalue weighted by molar-refractivity contribution is 0.248. The maximum Gasteiger partial charge on any atom is 0.00963 e. The Morgan fingerprint density at radius 1 is 1.33 bits per heavy atom. The zero-order valence-corrected chi connectivity index (χ0v) is 10.9.